The molecule has 1 atom stereocenters. The Bertz CT molecular complexity index is 691. The molecule has 1 N–H and O–H groups in total. The fourth-order valence-corrected chi connectivity index (χ4v) is 4.75. The van der Waals surface area contributed by atoms with E-state index in [0.29, 0.717) is 11.5 Å². The van der Waals surface area contributed by atoms with Crippen molar-refractivity contribution >= 4 is 5.91 Å². The lowest BCUT2D eigenvalue weighted by molar-refractivity contribution is 0.0629. The minimum atomic E-state index is -0.205. The Hall–Kier alpha value is -1.62. The normalized spacial score (nSPS) is 24.3. The molecule has 1 aromatic heterocycles. The van der Waals surface area contributed by atoms with Crippen molar-refractivity contribution in [1.29, 1.82) is 0 Å². The van der Waals surface area contributed by atoms with Crippen LogP contribution in [-0.4, -0.2) is 53.4 Å². The number of nitrogens with one attached hydrogen (secondary N) is 1. The number of H-pyrrole nitrogens is 1. The molecule has 0 radical (unpaired) electrons. The summed E-state index contributed by atoms with van der Waals surface area (Å²) < 4.78 is 0. The molecule has 3 heterocycles. The summed E-state index contributed by atoms with van der Waals surface area (Å²) in [5.74, 6) is 0.476. The zero-order valence-electron chi connectivity index (χ0n) is 15.1. The summed E-state index contributed by atoms with van der Waals surface area (Å²) in [5, 5.41) is 0. The van der Waals surface area contributed by atoms with E-state index in [1.165, 1.54) is 38.8 Å². The van der Waals surface area contributed by atoms with Crippen LogP contribution in [0.15, 0.2) is 10.9 Å². The number of carbonyl (C=O) groups is 1. The highest BCUT2D eigenvalue weighted by atomic mass is 16.2. The molecule has 0 spiro atoms. The summed E-state index contributed by atoms with van der Waals surface area (Å²) in [6.45, 7) is 5.09. The van der Waals surface area contributed by atoms with E-state index in [4.69, 9.17) is 0 Å². The third-order valence-corrected chi connectivity index (χ3v) is 6.09. The number of aromatic amines is 1. The number of hydrogen-bond donors (Lipinski definition) is 1. The van der Waals surface area contributed by atoms with E-state index in [9.17, 15) is 9.59 Å². The van der Waals surface area contributed by atoms with Crippen LogP contribution in [0.5, 0.6) is 0 Å². The van der Waals surface area contributed by atoms with Crippen molar-refractivity contribution in [3.05, 3.63) is 33.2 Å². The van der Waals surface area contributed by atoms with Gasteiger partial charge >= 0.3 is 0 Å². The fraction of sp³-hybridized carbons (Fsp3) is 0.700. The van der Waals surface area contributed by atoms with Crippen LogP contribution < -0.4 is 5.56 Å². The molecular formula is C20H29N3O2. The van der Waals surface area contributed by atoms with Crippen LogP contribution >= 0.6 is 0 Å². The predicted molar refractivity (Wildman–Crippen MR) is 98.0 cm³/mol. The predicted octanol–water partition coefficient (Wildman–Crippen LogP) is 2.20. The number of aromatic nitrogens is 1. The lowest BCUT2D eigenvalue weighted by Crippen LogP contribution is -2.45. The van der Waals surface area contributed by atoms with E-state index in [-0.39, 0.29) is 11.5 Å². The summed E-state index contributed by atoms with van der Waals surface area (Å²) in [6, 6.07) is 1.86. The topological polar surface area (TPSA) is 56.4 Å². The van der Waals surface area contributed by atoms with E-state index in [1.54, 1.807) is 0 Å². The highest BCUT2D eigenvalue weighted by molar-refractivity contribution is 5.94. The standard InChI is InChI=1S/C20H29N3O2/c24-19-17(12-16-7-4-8-18(16)21-19)20(25)23-11-5-6-15(14-23)13-22-9-2-1-3-10-22/h12,15H,1-11,13-14H2,(H,21,24)/t15-/m0/s1. The molecule has 1 aliphatic carbocycles. The molecule has 0 aromatic carbocycles. The van der Waals surface area contributed by atoms with Crippen LogP contribution in [0.3, 0.4) is 0 Å². The number of hydrogen-bond acceptors (Lipinski definition) is 3. The summed E-state index contributed by atoms with van der Waals surface area (Å²) in [7, 11) is 0. The number of amides is 1. The van der Waals surface area contributed by atoms with Gasteiger partial charge in [-0.3, -0.25) is 9.59 Å². The van der Waals surface area contributed by atoms with Crippen LogP contribution in [0, 0.1) is 5.92 Å². The molecule has 25 heavy (non-hydrogen) atoms. The van der Waals surface area contributed by atoms with Crippen molar-refractivity contribution in [2.75, 3.05) is 32.7 Å². The Balaban J connectivity index is 1.44. The van der Waals surface area contributed by atoms with Gasteiger partial charge in [0.15, 0.2) is 0 Å². The zero-order chi connectivity index (χ0) is 17.2. The van der Waals surface area contributed by atoms with Gasteiger partial charge < -0.3 is 14.8 Å². The number of fused-ring (bicyclic) bond motifs is 1. The number of aryl methyl sites for hydroxylation is 2. The molecule has 3 aliphatic rings. The van der Waals surface area contributed by atoms with Gasteiger partial charge in [0.1, 0.15) is 5.56 Å². The molecule has 1 aromatic rings. The Morgan fingerprint density at radius 1 is 1.08 bits per heavy atom. The van der Waals surface area contributed by atoms with Crippen molar-refractivity contribution < 1.29 is 4.79 Å². The molecule has 5 heteroatoms. The molecule has 5 nitrogen and oxygen atoms in total. The Morgan fingerprint density at radius 2 is 1.92 bits per heavy atom. The second-order valence-electron chi connectivity index (χ2n) is 7.99. The number of likely N-dealkylation sites (tertiary alicyclic amines) is 2. The lowest BCUT2D eigenvalue weighted by Gasteiger charge is -2.36. The van der Waals surface area contributed by atoms with E-state index in [0.717, 1.165) is 56.6 Å². The zero-order valence-corrected chi connectivity index (χ0v) is 15.1. The van der Waals surface area contributed by atoms with Crippen LogP contribution in [0.2, 0.25) is 0 Å². The van der Waals surface area contributed by atoms with Gasteiger partial charge in [-0.1, -0.05) is 6.42 Å². The molecule has 0 unspecified atom stereocenters. The monoisotopic (exact) mass is 343 g/mol. The first kappa shape index (κ1) is 16.8. The quantitative estimate of drug-likeness (QED) is 0.915. The number of rotatable bonds is 3. The highest BCUT2D eigenvalue weighted by Crippen LogP contribution is 2.23. The van der Waals surface area contributed by atoms with Crippen LogP contribution in [-0.2, 0) is 12.8 Å². The molecular weight excluding hydrogens is 314 g/mol. The van der Waals surface area contributed by atoms with E-state index in [1.807, 2.05) is 11.0 Å². The second-order valence-corrected chi connectivity index (χ2v) is 7.99. The van der Waals surface area contributed by atoms with Gasteiger partial charge in [-0.05, 0) is 75.6 Å². The van der Waals surface area contributed by atoms with Gasteiger partial charge in [-0.15, -0.1) is 0 Å². The second kappa shape index (κ2) is 7.32. The number of piperidine rings is 2. The number of pyridine rings is 1. The van der Waals surface area contributed by atoms with Gasteiger partial charge in [0.05, 0.1) is 0 Å². The van der Waals surface area contributed by atoms with Crippen molar-refractivity contribution in [1.82, 2.24) is 14.8 Å². The average molecular weight is 343 g/mol. The summed E-state index contributed by atoms with van der Waals surface area (Å²) in [4.78, 5) is 32.7. The van der Waals surface area contributed by atoms with Gasteiger partial charge in [0.2, 0.25) is 0 Å². The smallest absolute Gasteiger partial charge is 0.261 e. The van der Waals surface area contributed by atoms with Gasteiger partial charge in [-0.2, -0.15) is 0 Å². The van der Waals surface area contributed by atoms with E-state index >= 15 is 0 Å². The molecule has 2 saturated heterocycles. The SMILES string of the molecule is O=C(c1cc2c([nH]c1=O)CCC2)N1CCC[C@@H](CN2CCCCC2)C1. The molecule has 0 bridgehead atoms. The highest BCUT2D eigenvalue weighted by Gasteiger charge is 2.28. The molecule has 2 fully saturated rings. The van der Waals surface area contributed by atoms with Crippen LogP contribution in [0.1, 0.15) is 60.1 Å². The largest absolute Gasteiger partial charge is 0.338 e. The van der Waals surface area contributed by atoms with Crippen molar-refractivity contribution in [2.24, 2.45) is 5.92 Å². The maximum atomic E-state index is 13.0. The first-order valence-electron chi connectivity index (χ1n) is 9.97. The molecule has 1 amide bonds. The number of nitrogens with zero attached hydrogens (tertiary/aromatic N) is 2. The average Bonchev–Trinajstić information content (AvgIpc) is 3.09. The molecule has 4 rings (SSSR count). The van der Waals surface area contributed by atoms with Crippen LogP contribution in [0.4, 0.5) is 0 Å². The molecule has 136 valence electrons. The summed E-state index contributed by atoms with van der Waals surface area (Å²) in [6.07, 6.45) is 9.19. The molecule has 0 saturated carbocycles. The minimum absolute atomic E-state index is 0.0701. The van der Waals surface area contributed by atoms with Crippen molar-refractivity contribution in [3.63, 3.8) is 0 Å². The molecule has 2 aliphatic heterocycles. The first-order valence-corrected chi connectivity index (χ1v) is 9.97. The maximum absolute atomic E-state index is 13.0. The Morgan fingerprint density at radius 3 is 2.76 bits per heavy atom. The summed E-state index contributed by atoms with van der Waals surface area (Å²) in [5.41, 5.74) is 2.33. The van der Waals surface area contributed by atoms with Crippen molar-refractivity contribution in [3.8, 4) is 0 Å². The third kappa shape index (κ3) is 3.66. The van der Waals surface area contributed by atoms with E-state index in [2.05, 4.69) is 9.88 Å². The minimum Gasteiger partial charge on any atom is -0.338 e. The van der Waals surface area contributed by atoms with Gasteiger partial charge in [0, 0.05) is 25.3 Å². The van der Waals surface area contributed by atoms with Gasteiger partial charge in [-0.25, -0.2) is 0 Å². The van der Waals surface area contributed by atoms with Crippen LogP contribution in [0.25, 0.3) is 0 Å². The van der Waals surface area contributed by atoms with E-state index < -0.39 is 0 Å². The summed E-state index contributed by atoms with van der Waals surface area (Å²) >= 11 is 0. The third-order valence-electron chi connectivity index (χ3n) is 6.09. The van der Waals surface area contributed by atoms with Crippen molar-refractivity contribution in [2.45, 2.75) is 51.4 Å². The Labute approximate surface area is 149 Å². The van der Waals surface area contributed by atoms with Gasteiger partial charge in [0.25, 0.3) is 11.5 Å². The first-order chi connectivity index (χ1) is 12.2. The lowest BCUT2D eigenvalue weighted by atomic mass is 9.95. The Kier molecular flexibility index (Phi) is 4.93. The maximum Gasteiger partial charge on any atom is 0.261 e. The fourth-order valence-electron chi connectivity index (χ4n) is 4.75. The number of carbonyl (C=O) groups excluding carboxylic acids is 1.